The number of amides is 1. The summed E-state index contributed by atoms with van der Waals surface area (Å²) in [7, 11) is 1.73. The van der Waals surface area contributed by atoms with E-state index in [1.54, 1.807) is 25.7 Å². The van der Waals surface area contributed by atoms with Crippen LogP contribution in [0.2, 0.25) is 0 Å². The molecule has 0 fully saturated rings. The largest absolute Gasteiger partial charge is 0.395 e. The second-order valence-electron chi connectivity index (χ2n) is 4.09. The first kappa shape index (κ1) is 14.7. The fourth-order valence-corrected chi connectivity index (χ4v) is 2.70. The first-order chi connectivity index (χ1) is 6.85. The zero-order chi connectivity index (χ0) is 12.1. The van der Waals surface area contributed by atoms with Crippen molar-refractivity contribution in [3.05, 3.63) is 0 Å². The zero-order valence-electron chi connectivity index (χ0n) is 9.91. The number of rotatable bonds is 7. The lowest BCUT2D eigenvalue weighted by molar-refractivity contribution is -0.123. The van der Waals surface area contributed by atoms with Crippen LogP contribution in [-0.4, -0.2) is 40.7 Å². The molecule has 0 saturated heterocycles. The standard InChI is InChI=1S/C10H22N2O2S/c1-7(15-8(2)6-13)5-10(3,12-4)9(11)14/h7-8,12-13H,5-6H2,1-4H3,(H2,11,14). The van der Waals surface area contributed by atoms with Crippen molar-refractivity contribution in [2.24, 2.45) is 5.73 Å². The molecular weight excluding hydrogens is 212 g/mol. The summed E-state index contributed by atoms with van der Waals surface area (Å²) in [5.41, 5.74) is 4.67. The van der Waals surface area contributed by atoms with E-state index in [1.165, 1.54) is 0 Å². The van der Waals surface area contributed by atoms with Gasteiger partial charge in [0.25, 0.3) is 0 Å². The first-order valence-corrected chi connectivity index (χ1v) is 6.05. The third-order valence-corrected chi connectivity index (χ3v) is 3.76. The van der Waals surface area contributed by atoms with Gasteiger partial charge in [0, 0.05) is 10.5 Å². The summed E-state index contributed by atoms with van der Waals surface area (Å²) in [6.45, 7) is 5.95. The van der Waals surface area contributed by atoms with Gasteiger partial charge in [-0.05, 0) is 20.4 Å². The molecule has 3 atom stereocenters. The minimum atomic E-state index is -0.665. The number of aliphatic hydroxyl groups excluding tert-OH is 1. The van der Waals surface area contributed by atoms with Gasteiger partial charge >= 0.3 is 0 Å². The highest BCUT2D eigenvalue weighted by atomic mass is 32.2. The lowest BCUT2D eigenvalue weighted by Crippen LogP contribution is -2.52. The molecule has 0 radical (unpaired) electrons. The Hall–Kier alpha value is -0.260. The number of nitrogens with one attached hydrogen (secondary N) is 1. The number of hydrogen-bond donors (Lipinski definition) is 3. The van der Waals surface area contributed by atoms with Gasteiger partial charge in [-0.15, -0.1) is 0 Å². The minimum absolute atomic E-state index is 0.155. The number of hydrogen-bond acceptors (Lipinski definition) is 4. The van der Waals surface area contributed by atoms with Crippen LogP contribution in [0.3, 0.4) is 0 Å². The molecule has 0 rings (SSSR count). The van der Waals surface area contributed by atoms with Gasteiger partial charge in [0.1, 0.15) is 0 Å². The Labute approximate surface area is 96.0 Å². The topological polar surface area (TPSA) is 75.3 Å². The van der Waals surface area contributed by atoms with E-state index in [2.05, 4.69) is 5.32 Å². The van der Waals surface area contributed by atoms with Crippen LogP contribution in [0.25, 0.3) is 0 Å². The maximum atomic E-state index is 11.2. The third-order valence-electron chi connectivity index (χ3n) is 2.51. The summed E-state index contributed by atoms with van der Waals surface area (Å²) in [6, 6.07) is 0. The molecule has 0 aliphatic carbocycles. The van der Waals surface area contributed by atoms with Crippen LogP contribution < -0.4 is 11.1 Å². The van der Waals surface area contributed by atoms with E-state index in [-0.39, 0.29) is 23.0 Å². The van der Waals surface area contributed by atoms with Crippen molar-refractivity contribution in [3.63, 3.8) is 0 Å². The second-order valence-corrected chi connectivity index (χ2v) is 5.97. The van der Waals surface area contributed by atoms with Gasteiger partial charge in [-0.1, -0.05) is 13.8 Å². The van der Waals surface area contributed by atoms with E-state index in [0.29, 0.717) is 6.42 Å². The van der Waals surface area contributed by atoms with Gasteiger partial charge in [0.2, 0.25) is 5.91 Å². The summed E-state index contributed by atoms with van der Waals surface area (Å²) in [4.78, 5) is 11.2. The van der Waals surface area contributed by atoms with Crippen LogP contribution in [0.1, 0.15) is 27.2 Å². The van der Waals surface area contributed by atoms with Gasteiger partial charge in [0.05, 0.1) is 12.1 Å². The van der Waals surface area contributed by atoms with Crippen LogP contribution in [0.4, 0.5) is 0 Å². The Bertz CT molecular complexity index is 214. The molecule has 5 heteroatoms. The van der Waals surface area contributed by atoms with Gasteiger partial charge < -0.3 is 16.2 Å². The Morgan fingerprint density at radius 3 is 2.40 bits per heavy atom. The molecule has 0 aromatic heterocycles. The highest BCUT2D eigenvalue weighted by Gasteiger charge is 2.31. The highest BCUT2D eigenvalue weighted by Crippen LogP contribution is 2.24. The fourth-order valence-electron chi connectivity index (χ4n) is 1.39. The summed E-state index contributed by atoms with van der Waals surface area (Å²) in [5, 5.41) is 12.3. The minimum Gasteiger partial charge on any atom is -0.395 e. The molecule has 0 bridgehead atoms. The van der Waals surface area contributed by atoms with Gasteiger partial charge in [-0.2, -0.15) is 11.8 Å². The molecule has 4 nitrogen and oxygen atoms in total. The maximum absolute atomic E-state index is 11.2. The van der Waals surface area contributed by atoms with Crippen molar-refractivity contribution >= 4 is 17.7 Å². The summed E-state index contributed by atoms with van der Waals surface area (Å²) < 4.78 is 0. The Morgan fingerprint density at radius 2 is 2.07 bits per heavy atom. The number of nitrogens with two attached hydrogens (primary N) is 1. The van der Waals surface area contributed by atoms with Gasteiger partial charge in [0.15, 0.2) is 0 Å². The molecule has 0 saturated carbocycles. The predicted octanol–water partition coefficient (Wildman–Crippen LogP) is 0.342. The monoisotopic (exact) mass is 234 g/mol. The second kappa shape index (κ2) is 6.35. The van der Waals surface area contributed by atoms with E-state index in [1.807, 2.05) is 13.8 Å². The molecule has 3 unspecified atom stereocenters. The van der Waals surface area contributed by atoms with Crippen LogP contribution in [0.15, 0.2) is 0 Å². The van der Waals surface area contributed by atoms with Crippen LogP contribution in [0.5, 0.6) is 0 Å². The molecule has 0 aromatic rings. The SMILES string of the molecule is CNC(C)(CC(C)SC(C)CO)C(N)=O. The van der Waals surface area contributed by atoms with Crippen molar-refractivity contribution < 1.29 is 9.90 Å². The van der Waals surface area contributed by atoms with E-state index >= 15 is 0 Å². The number of primary amides is 1. The normalized spacial score (nSPS) is 19.3. The highest BCUT2D eigenvalue weighted by molar-refractivity contribution is 8.00. The summed E-state index contributed by atoms with van der Waals surface area (Å²) >= 11 is 1.66. The van der Waals surface area contributed by atoms with Crippen molar-refractivity contribution in [2.45, 2.75) is 43.2 Å². The molecule has 0 aliphatic heterocycles. The van der Waals surface area contributed by atoms with Crippen molar-refractivity contribution in [2.75, 3.05) is 13.7 Å². The molecule has 15 heavy (non-hydrogen) atoms. The first-order valence-electron chi connectivity index (χ1n) is 5.11. The lowest BCUT2D eigenvalue weighted by atomic mass is 9.95. The van der Waals surface area contributed by atoms with Crippen molar-refractivity contribution in [1.29, 1.82) is 0 Å². The molecule has 0 heterocycles. The van der Waals surface area contributed by atoms with Crippen molar-refractivity contribution in [1.82, 2.24) is 5.32 Å². The van der Waals surface area contributed by atoms with E-state index < -0.39 is 5.54 Å². The average molecular weight is 234 g/mol. The Balaban J connectivity index is 4.24. The van der Waals surface area contributed by atoms with Crippen LogP contribution in [0, 0.1) is 0 Å². The van der Waals surface area contributed by atoms with E-state index in [9.17, 15) is 4.79 Å². The lowest BCUT2D eigenvalue weighted by Gasteiger charge is -2.29. The maximum Gasteiger partial charge on any atom is 0.237 e. The number of thioether (sulfide) groups is 1. The Morgan fingerprint density at radius 1 is 1.53 bits per heavy atom. The average Bonchev–Trinajstić information content (AvgIpc) is 2.16. The third kappa shape index (κ3) is 4.86. The van der Waals surface area contributed by atoms with Crippen LogP contribution in [-0.2, 0) is 4.79 Å². The van der Waals surface area contributed by atoms with Gasteiger partial charge in [-0.25, -0.2) is 0 Å². The number of likely N-dealkylation sites (N-methyl/N-ethyl adjacent to an activating group) is 1. The van der Waals surface area contributed by atoms with Gasteiger partial charge in [-0.3, -0.25) is 4.79 Å². The summed E-state index contributed by atoms with van der Waals surface area (Å²) in [5.74, 6) is -0.339. The number of carbonyl (C=O) groups is 1. The summed E-state index contributed by atoms with van der Waals surface area (Å²) in [6.07, 6.45) is 0.661. The quantitative estimate of drug-likeness (QED) is 0.594. The number of aliphatic hydroxyl groups is 1. The zero-order valence-corrected chi connectivity index (χ0v) is 10.7. The molecule has 0 spiro atoms. The molecule has 90 valence electrons. The Kier molecular flexibility index (Phi) is 6.24. The van der Waals surface area contributed by atoms with E-state index in [0.717, 1.165) is 0 Å². The molecule has 4 N–H and O–H groups in total. The molecule has 1 amide bonds. The fraction of sp³-hybridized carbons (Fsp3) is 0.900. The predicted molar refractivity (Wildman–Crippen MR) is 64.9 cm³/mol. The van der Waals surface area contributed by atoms with Crippen molar-refractivity contribution in [3.8, 4) is 0 Å². The number of carbonyl (C=O) groups excluding carboxylic acids is 1. The smallest absolute Gasteiger partial charge is 0.237 e. The molecule has 0 aromatic carbocycles. The van der Waals surface area contributed by atoms with E-state index in [4.69, 9.17) is 10.8 Å². The molecule has 0 aliphatic rings. The molecular formula is C10H22N2O2S. The van der Waals surface area contributed by atoms with Crippen LogP contribution >= 0.6 is 11.8 Å².